The number of furan rings is 1. The van der Waals surface area contributed by atoms with Crippen LogP contribution in [0.5, 0.6) is 0 Å². The largest absolute Gasteiger partial charge is 0.478 e. The van der Waals surface area contributed by atoms with Crippen LogP contribution in [0.2, 0.25) is 0 Å². The molecule has 1 spiro atoms. The molecule has 7 heteroatoms. The molecule has 6 rings (SSSR count). The summed E-state index contributed by atoms with van der Waals surface area (Å²) in [5.74, 6) is -0.816. The van der Waals surface area contributed by atoms with Gasteiger partial charge in [-0.25, -0.2) is 4.79 Å². The van der Waals surface area contributed by atoms with Crippen LogP contribution in [0.1, 0.15) is 29.0 Å². The Labute approximate surface area is 171 Å². The molecule has 4 aliphatic rings. The molecule has 3 aliphatic carbocycles. The molecule has 2 bridgehead atoms. The number of hydrogen-bond acceptors (Lipinski definition) is 5. The van der Waals surface area contributed by atoms with Gasteiger partial charge in [0, 0.05) is 5.56 Å². The average molecular weight is 402 g/mol. The summed E-state index contributed by atoms with van der Waals surface area (Å²) >= 11 is 0. The normalized spacial score (nSPS) is 30.1. The van der Waals surface area contributed by atoms with Crippen LogP contribution in [0.25, 0.3) is 11.3 Å². The molecule has 2 aromatic rings. The lowest BCUT2D eigenvalue weighted by Crippen LogP contribution is -2.30. The van der Waals surface area contributed by atoms with Crippen LogP contribution in [0, 0.1) is 29.1 Å². The van der Waals surface area contributed by atoms with E-state index in [4.69, 9.17) is 9.52 Å². The lowest BCUT2D eigenvalue weighted by Gasteiger charge is -2.18. The highest BCUT2D eigenvalue weighted by Gasteiger charge is 2.73. The Morgan fingerprint density at radius 2 is 1.80 bits per heavy atom. The van der Waals surface area contributed by atoms with Gasteiger partial charge >= 0.3 is 5.97 Å². The number of imide groups is 1. The zero-order chi connectivity index (χ0) is 20.6. The second kappa shape index (κ2) is 5.78. The molecule has 1 saturated heterocycles. The van der Waals surface area contributed by atoms with Gasteiger partial charge in [-0.3, -0.25) is 9.59 Å². The highest BCUT2D eigenvalue weighted by molar-refractivity contribution is 6.07. The Hall–Kier alpha value is -3.48. The third-order valence-electron chi connectivity index (χ3n) is 7.15. The van der Waals surface area contributed by atoms with Gasteiger partial charge < -0.3 is 9.52 Å². The van der Waals surface area contributed by atoms with Crippen molar-refractivity contribution >= 4 is 24.0 Å². The van der Waals surface area contributed by atoms with Gasteiger partial charge in [-0.05, 0) is 54.4 Å². The van der Waals surface area contributed by atoms with Gasteiger partial charge in [0.05, 0.1) is 23.6 Å². The maximum absolute atomic E-state index is 12.9. The van der Waals surface area contributed by atoms with E-state index in [0.717, 1.165) is 17.9 Å². The Morgan fingerprint density at radius 3 is 2.43 bits per heavy atom. The molecule has 30 heavy (non-hydrogen) atoms. The summed E-state index contributed by atoms with van der Waals surface area (Å²) in [6.07, 6.45) is 7.82. The number of fused-ring (bicyclic) bond motifs is 3. The summed E-state index contributed by atoms with van der Waals surface area (Å²) in [6.45, 7) is 0. The molecule has 1 aliphatic heterocycles. The molecule has 1 aromatic carbocycles. The van der Waals surface area contributed by atoms with Crippen molar-refractivity contribution in [3.05, 3.63) is 59.9 Å². The van der Waals surface area contributed by atoms with Crippen LogP contribution in [-0.4, -0.2) is 34.1 Å². The third kappa shape index (κ3) is 2.20. The molecule has 2 saturated carbocycles. The first-order valence-corrected chi connectivity index (χ1v) is 10.0. The van der Waals surface area contributed by atoms with Crippen LogP contribution in [0.4, 0.5) is 0 Å². The summed E-state index contributed by atoms with van der Waals surface area (Å²) in [6, 6.07) is 9.79. The number of allylic oxidation sites excluding steroid dienone is 2. The Kier molecular flexibility index (Phi) is 3.35. The molecule has 2 amide bonds. The van der Waals surface area contributed by atoms with Crippen molar-refractivity contribution in [2.45, 2.75) is 12.8 Å². The van der Waals surface area contributed by atoms with Gasteiger partial charge in [-0.2, -0.15) is 10.1 Å². The number of carboxylic acid groups (broad SMARTS) is 1. The van der Waals surface area contributed by atoms with E-state index in [0.29, 0.717) is 17.1 Å². The van der Waals surface area contributed by atoms with Crippen LogP contribution < -0.4 is 0 Å². The Balaban J connectivity index is 1.23. The molecule has 150 valence electrons. The minimum absolute atomic E-state index is 0.163. The Bertz CT molecular complexity index is 1140. The number of benzene rings is 1. The van der Waals surface area contributed by atoms with E-state index in [1.165, 1.54) is 18.3 Å². The highest BCUT2D eigenvalue weighted by Crippen LogP contribution is 2.73. The molecule has 3 fully saturated rings. The zero-order valence-corrected chi connectivity index (χ0v) is 15.9. The van der Waals surface area contributed by atoms with Crippen molar-refractivity contribution in [1.29, 1.82) is 0 Å². The van der Waals surface area contributed by atoms with E-state index >= 15 is 0 Å². The Morgan fingerprint density at radius 1 is 1.10 bits per heavy atom. The fourth-order valence-electron chi connectivity index (χ4n) is 5.67. The van der Waals surface area contributed by atoms with Crippen molar-refractivity contribution in [2.24, 2.45) is 34.2 Å². The molecule has 1 N–H and O–H groups in total. The fourth-order valence-corrected chi connectivity index (χ4v) is 5.67. The van der Waals surface area contributed by atoms with Crippen LogP contribution in [0.15, 0.2) is 58.1 Å². The van der Waals surface area contributed by atoms with Crippen molar-refractivity contribution in [1.82, 2.24) is 5.01 Å². The SMILES string of the molecule is O=C(O)c1cccc(-c2ccc(/C=N\N3C(=O)[C@@H]4[C@H](C3=O)[C@@H]3C=C[C@@H]4C34CC4)o2)c1. The summed E-state index contributed by atoms with van der Waals surface area (Å²) in [5, 5.41) is 14.3. The number of carboxylic acids is 1. The molecule has 7 nitrogen and oxygen atoms in total. The van der Waals surface area contributed by atoms with Crippen molar-refractivity contribution in [3.8, 4) is 11.3 Å². The topological polar surface area (TPSA) is 100 Å². The second-order valence-corrected chi connectivity index (χ2v) is 8.54. The number of hydrazone groups is 1. The number of nitrogens with zero attached hydrogens (tertiary/aromatic N) is 2. The van der Waals surface area contributed by atoms with Gasteiger partial charge in [-0.15, -0.1) is 0 Å². The van der Waals surface area contributed by atoms with Gasteiger partial charge in [0.25, 0.3) is 11.8 Å². The highest BCUT2D eigenvalue weighted by atomic mass is 16.4. The molecule has 1 aromatic heterocycles. The van der Waals surface area contributed by atoms with Gasteiger partial charge in [0.15, 0.2) is 0 Å². The summed E-state index contributed by atoms with van der Waals surface area (Å²) in [7, 11) is 0. The van der Waals surface area contributed by atoms with Crippen molar-refractivity contribution in [3.63, 3.8) is 0 Å². The number of rotatable bonds is 4. The van der Waals surface area contributed by atoms with E-state index in [-0.39, 0.29) is 46.5 Å². The summed E-state index contributed by atoms with van der Waals surface area (Å²) in [4.78, 5) is 37.0. The van der Waals surface area contributed by atoms with Crippen LogP contribution in [0.3, 0.4) is 0 Å². The standard InChI is InChI=1S/C23H18N2O5/c26-20-18-15-5-6-16(23(15)8-9-23)19(18)21(27)25(20)24-11-14-4-7-17(30-14)12-2-1-3-13(10-12)22(28)29/h1-7,10-11,15-16,18-19H,8-9H2,(H,28,29)/b24-11-/t15-,16-,18-,19+/m0/s1. The number of aromatic carboxylic acids is 1. The van der Waals surface area contributed by atoms with E-state index in [1.54, 1.807) is 24.3 Å². The lowest BCUT2D eigenvalue weighted by molar-refractivity contribution is -0.141. The summed E-state index contributed by atoms with van der Waals surface area (Å²) < 4.78 is 5.72. The van der Waals surface area contributed by atoms with Crippen molar-refractivity contribution in [2.75, 3.05) is 0 Å². The molecule has 0 unspecified atom stereocenters. The van der Waals surface area contributed by atoms with E-state index in [1.807, 2.05) is 0 Å². The number of hydrogen-bond donors (Lipinski definition) is 1. The van der Waals surface area contributed by atoms with Gasteiger partial charge in [-0.1, -0.05) is 24.3 Å². The van der Waals surface area contributed by atoms with E-state index < -0.39 is 5.97 Å². The van der Waals surface area contributed by atoms with Gasteiger partial charge in [0.2, 0.25) is 0 Å². The first-order chi connectivity index (χ1) is 14.5. The van der Waals surface area contributed by atoms with E-state index in [2.05, 4.69) is 17.3 Å². The lowest BCUT2D eigenvalue weighted by atomic mass is 9.85. The minimum Gasteiger partial charge on any atom is -0.478 e. The number of carbonyl (C=O) groups is 3. The fraction of sp³-hybridized carbons (Fsp3) is 0.304. The van der Waals surface area contributed by atoms with Gasteiger partial charge in [0.1, 0.15) is 11.5 Å². The summed E-state index contributed by atoms with van der Waals surface area (Å²) in [5.41, 5.74) is 0.946. The monoisotopic (exact) mass is 402 g/mol. The molecular weight excluding hydrogens is 384 g/mol. The maximum atomic E-state index is 12.9. The predicted molar refractivity (Wildman–Crippen MR) is 105 cm³/mol. The first kappa shape index (κ1) is 17.4. The number of carbonyl (C=O) groups excluding carboxylic acids is 2. The third-order valence-corrected chi connectivity index (χ3v) is 7.15. The smallest absolute Gasteiger partial charge is 0.335 e. The number of amides is 2. The molecule has 0 radical (unpaired) electrons. The zero-order valence-electron chi connectivity index (χ0n) is 15.9. The van der Waals surface area contributed by atoms with Crippen molar-refractivity contribution < 1.29 is 23.9 Å². The maximum Gasteiger partial charge on any atom is 0.335 e. The van der Waals surface area contributed by atoms with E-state index in [9.17, 15) is 14.4 Å². The average Bonchev–Trinajstić information content (AvgIpc) is 3.03. The molecular formula is C23H18N2O5. The van der Waals surface area contributed by atoms with Crippen LogP contribution >= 0.6 is 0 Å². The molecule has 4 atom stereocenters. The minimum atomic E-state index is -1.02. The quantitative estimate of drug-likeness (QED) is 0.481. The first-order valence-electron chi connectivity index (χ1n) is 10.0. The predicted octanol–water partition coefficient (Wildman–Crippen LogP) is 3.18. The molecule has 2 heterocycles. The second-order valence-electron chi connectivity index (χ2n) is 8.54. The van der Waals surface area contributed by atoms with Crippen LogP contribution in [-0.2, 0) is 9.59 Å².